The first-order valence-corrected chi connectivity index (χ1v) is 8.29. The number of nitrogens with one attached hydrogen (secondary N) is 2. The fourth-order valence-electron chi connectivity index (χ4n) is 2.84. The molecule has 0 aromatic carbocycles. The molecule has 0 aliphatic carbocycles. The molecule has 0 saturated carbocycles. The molecule has 146 valence electrons. The molecule has 0 bridgehead atoms. The first kappa shape index (κ1) is 17.9. The van der Waals surface area contributed by atoms with E-state index < -0.39 is 24.5 Å². The lowest BCUT2D eigenvalue weighted by molar-refractivity contribution is -0.142. The van der Waals surface area contributed by atoms with Crippen molar-refractivity contribution in [2.24, 2.45) is 0 Å². The monoisotopic (exact) mass is 393 g/mol. The summed E-state index contributed by atoms with van der Waals surface area (Å²) in [4.78, 5) is 37.1. The molecular weight excluding hydrogens is 379 g/mol. The zero-order valence-electron chi connectivity index (χ0n) is 14.3. The second kappa shape index (κ2) is 6.62. The maximum Gasteiger partial charge on any atom is 0.408 e. The minimum atomic E-state index is -4.41. The number of likely N-dealkylation sites (tertiary alicyclic amines) is 1. The van der Waals surface area contributed by atoms with Gasteiger partial charge in [0.2, 0.25) is 0 Å². The summed E-state index contributed by atoms with van der Waals surface area (Å²) >= 11 is 0. The largest absolute Gasteiger partial charge is 0.408 e. The van der Waals surface area contributed by atoms with Crippen LogP contribution in [-0.4, -0.2) is 66.8 Å². The van der Waals surface area contributed by atoms with Gasteiger partial charge in [0, 0.05) is 25.5 Å². The van der Waals surface area contributed by atoms with Crippen molar-refractivity contribution in [1.82, 2.24) is 34.9 Å². The number of fused-ring (bicyclic) bond motifs is 1. The Bertz CT molecular complexity index is 1040. The number of amides is 2. The first-order chi connectivity index (χ1) is 13.3. The molecule has 4 rings (SSSR count). The highest BCUT2D eigenvalue weighted by Gasteiger charge is 2.34. The van der Waals surface area contributed by atoms with Crippen LogP contribution in [-0.2, 0) is 6.54 Å². The van der Waals surface area contributed by atoms with Gasteiger partial charge in [0.1, 0.15) is 23.4 Å². The molecule has 28 heavy (non-hydrogen) atoms. The molecule has 0 unspecified atom stereocenters. The smallest absolute Gasteiger partial charge is 0.345 e. The number of H-pyrrole nitrogens is 1. The molecule has 12 heteroatoms. The van der Waals surface area contributed by atoms with Crippen LogP contribution >= 0.6 is 0 Å². The van der Waals surface area contributed by atoms with Crippen molar-refractivity contribution >= 4 is 23.0 Å². The van der Waals surface area contributed by atoms with Crippen LogP contribution in [0.1, 0.15) is 21.0 Å². The minimum Gasteiger partial charge on any atom is -0.345 e. The van der Waals surface area contributed by atoms with Crippen molar-refractivity contribution in [2.45, 2.75) is 18.8 Å². The number of rotatable bonds is 4. The standard InChI is InChI=1S/C16H14F3N7O2/c17-16(18,19)8-26-4-2-11(24-26)15(28)25-6-9(7-25)22-14(27)12-5-21-13-10(23-12)1-3-20-13/h1-5,9H,6-8H2,(H,20,21)(H,22,27). The van der Waals surface area contributed by atoms with Crippen molar-refractivity contribution in [3.05, 3.63) is 42.1 Å². The van der Waals surface area contributed by atoms with Gasteiger partial charge in [-0.15, -0.1) is 0 Å². The molecule has 1 fully saturated rings. The Morgan fingerprint density at radius 1 is 1.25 bits per heavy atom. The SMILES string of the molecule is O=C(NC1CN(C(=O)c2ccn(CC(F)(F)F)n2)C1)c1cnc2[nH]ccc2n1. The lowest BCUT2D eigenvalue weighted by Crippen LogP contribution is -2.61. The molecule has 2 amide bonds. The third-order valence-electron chi connectivity index (χ3n) is 4.20. The summed E-state index contributed by atoms with van der Waals surface area (Å²) in [5, 5.41) is 6.39. The Kier molecular flexibility index (Phi) is 4.24. The van der Waals surface area contributed by atoms with E-state index in [4.69, 9.17) is 0 Å². The number of alkyl halides is 3. The first-order valence-electron chi connectivity index (χ1n) is 8.29. The summed E-state index contributed by atoms with van der Waals surface area (Å²) in [5.74, 6) is -0.901. The van der Waals surface area contributed by atoms with Crippen molar-refractivity contribution in [1.29, 1.82) is 0 Å². The van der Waals surface area contributed by atoms with E-state index in [1.54, 1.807) is 12.3 Å². The molecule has 3 aromatic heterocycles. The molecule has 0 atom stereocenters. The number of hydrogen-bond acceptors (Lipinski definition) is 5. The molecule has 4 heterocycles. The number of carbonyl (C=O) groups is 2. The van der Waals surface area contributed by atoms with Crippen LogP contribution in [0, 0.1) is 0 Å². The van der Waals surface area contributed by atoms with Crippen LogP contribution in [0.15, 0.2) is 30.7 Å². The van der Waals surface area contributed by atoms with Gasteiger partial charge in [0.15, 0.2) is 5.65 Å². The van der Waals surface area contributed by atoms with Crippen molar-refractivity contribution < 1.29 is 22.8 Å². The van der Waals surface area contributed by atoms with E-state index in [2.05, 4.69) is 25.4 Å². The number of aromatic nitrogens is 5. The van der Waals surface area contributed by atoms with Crippen molar-refractivity contribution in [2.75, 3.05) is 13.1 Å². The Labute approximate surface area is 155 Å². The fraction of sp³-hybridized carbons (Fsp3) is 0.312. The topological polar surface area (TPSA) is 109 Å². The number of carbonyl (C=O) groups excluding carboxylic acids is 2. The van der Waals surface area contributed by atoms with Gasteiger partial charge in [-0.2, -0.15) is 18.3 Å². The van der Waals surface area contributed by atoms with E-state index in [0.717, 1.165) is 6.20 Å². The molecule has 3 aromatic rings. The number of aromatic amines is 1. The van der Waals surface area contributed by atoms with Gasteiger partial charge >= 0.3 is 6.18 Å². The van der Waals surface area contributed by atoms with Gasteiger partial charge in [0.25, 0.3) is 11.8 Å². The van der Waals surface area contributed by atoms with E-state index in [0.29, 0.717) is 15.8 Å². The Morgan fingerprint density at radius 3 is 2.79 bits per heavy atom. The second-order valence-corrected chi connectivity index (χ2v) is 6.36. The maximum absolute atomic E-state index is 12.4. The molecule has 0 radical (unpaired) electrons. The van der Waals surface area contributed by atoms with Crippen LogP contribution in [0.4, 0.5) is 13.2 Å². The number of hydrogen-bond donors (Lipinski definition) is 2. The third-order valence-corrected chi connectivity index (χ3v) is 4.20. The summed E-state index contributed by atoms with van der Waals surface area (Å²) in [6.07, 6.45) is -0.290. The maximum atomic E-state index is 12.4. The van der Waals surface area contributed by atoms with Crippen LogP contribution in [0.2, 0.25) is 0 Å². The van der Waals surface area contributed by atoms with Gasteiger partial charge in [-0.3, -0.25) is 14.3 Å². The zero-order valence-corrected chi connectivity index (χ0v) is 14.3. The molecule has 0 spiro atoms. The predicted octanol–water partition coefficient (Wildman–Crippen LogP) is 0.971. The van der Waals surface area contributed by atoms with Crippen molar-refractivity contribution in [3.63, 3.8) is 0 Å². The second-order valence-electron chi connectivity index (χ2n) is 6.36. The van der Waals surface area contributed by atoms with Crippen LogP contribution in [0.25, 0.3) is 11.2 Å². The van der Waals surface area contributed by atoms with Gasteiger partial charge in [-0.05, 0) is 12.1 Å². The third kappa shape index (κ3) is 3.66. The highest BCUT2D eigenvalue weighted by atomic mass is 19.4. The van der Waals surface area contributed by atoms with Crippen LogP contribution in [0.3, 0.4) is 0 Å². The Balaban J connectivity index is 1.31. The van der Waals surface area contributed by atoms with Gasteiger partial charge in [-0.1, -0.05) is 0 Å². The highest BCUT2D eigenvalue weighted by molar-refractivity contribution is 5.95. The normalized spacial score (nSPS) is 14.9. The van der Waals surface area contributed by atoms with E-state index in [1.807, 2.05) is 0 Å². The van der Waals surface area contributed by atoms with Gasteiger partial charge < -0.3 is 15.2 Å². The molecule has 2 N–H and O–H groups in total. The summed E-state index contributed by atoms with van der Waals surface area (Å²) in [7, 11) is 0. The minimum absolute atomic E-state index is 0.0715. The molecule has 9 nitrogen and oxygen atoms in total. The lowest BCUT2D eigenvalue weighted by atomic mass is 10.1. The highest BCUT2D eigenvalue weighted by Crippen LogP contribution is 2.18. The zero-order chi connectivity index (χ0) is 19.9. The summed E-state index contributed by atoms with van der Waals surface area (Å²) in [5.41, 5.74) is 1.22. The van der Waals surface area contributed by atoms with E-state index in [-0.39, 0.29) is 30.5 Å². The Hall–Kier alpha value is -3.44. The lowest BCUT2D eigenvalue weighted by Gasteiger charge is -2.39. The van der Waals surface area contributed by atoms with Crippen LogP contribution in [0.5, 0.6) is 0 Å². The molecular formula is C16H14F3N7O2. The molecule has 1 aliphatic heterocycles. The Morgan fingerprint density at radius 2 is 2.04 bits per heavy atom. The quantitative estimate of drug-likeness (QED) is 0.687. The van der Waals surface area contributed by atoms with E-state index in [1.165, 1.54) is 17.2 Å². The number of halogens is 3. The van der Waals surface area contributed by atoms with E-state index >= 15 is 0 Å². The van der Waals surface area contributed by atoms with E-state index in [9.17, 15) is 22.8 Å². The van der Waals surface area contributed by atoms with Gasteiger partial charge in [0.05, 0.1) is 12.2 Å². The van der Waals surface area contributed by atoms with Crippen molar-refractivity contribution in [3.8, 4) is 0 Å². The summed E-state index contributed by atoms with van der Waals surface area (Å²) in [6, 6.07) is 2.65. The number of nitrogens with zero attached hydrogens (tertiary/aromatic N) is 5. The average Bonchev–Trinajstić information content (AvgIpc) is 3.23. The molecule has 1 saturated heterocycles. The molecule has 1 aliphatic rings. The van der Waals surface area contributed by atoms with Gasteiger partial charge in [-0.25, -0.2) is 9.97 Å². The predicted molar refractivity (Wildman–Crippen MR) is 89.3 cm³/mol. The average molecular weight is 393 g/mol. The summed E-state index contributed by atoms with van der Waals surface area (Å²) in [6.45, 7) is -0.793. The fourth-order valence-corrected chi connectivity index (χ4v) is 2.84. The van der Waals surface area contributed by atoms with Crippen LogP contribution < -0.4 is 5.32 Å². The summed E-state index contributed by atoms with van der Waals surface area (Å²) < 4.78 is 37.7.